The molecule has 0 saturated carbocycles. The number of benzene rings is 5. The second-order valence-corrected chi connectivity index (χ2v) is 13.7. The average molecular weight is 786 g/mol. The lowest BCUT2D eigenvalue weighted by atomic mass is 9.92. The number of morpholine rings is 1. The van der Waals surface area contributed by atoms with Crippen molar-refractivity contribution < 1.29 is 43.4 Å². The number of carbonyl (C=O) groups is 6. The van der Waals surface area contributed by atoms with Crippen molar-refractivity contribution in [2.75, 3.05) is 57.4 Å². The quantitative estimate of drug-likeness (QED) is 0.0845. The SMILES string of the molecule is O=C(NCCNCCN1C(=O)c2cccc3cc([N+](=O)[O-])cc(c23)C1=O)c1cc(C(=O)N2CCOCC2)cc(N2C(=O)c3cccc4cc([N+](=O)[O-])cc(c34)C2=O)c1. The van der Waals surface area contributed by atoms with Crippen LogP contribution in [-0.4, -0.2) is 108 Å². The molecule has 0 aliphatic carbocycles. The van der Waals surface area contributed by atoms with E-state index in [9.17, 15) is 49.0 Å². The Morgan fingerprint density at radius 2 is 1.21 bits per heavy atom. The molecule has 3 aliphatic rings. The number of nitro benzene ring substituents is 2. The van der Waals surface area contributed by atoms with Crippen molar-refractivity contribution in [3.63, 3.8) is 0 Å². The van der Waals surface area contributed by atoms with Crippen molar-refractivity contribution in [2.24, 2.45) is 0 Å². The van der Waals surface area contributed by atoms with E-state index in [0.717, 1.165) is 21.9 Å². The van der Waals surface area contributed by atoms with Crippen LogP contribution in [0.2, 0.25) is 0 Å². The Morgan fingerprint density at radius 1 is 0.655 bits per heavy atom. The van der Waals surface area contributed by atoms with Crippen LogP contribution in [0.3, 0.4) is 0 Å². The van der Waals surface area contributed by atoms with Crippen molar-refractivity contribution in [3.05, 3.63) is 132 Å². The molecule has 292 valence electrons. The maximum absolute atomic E-state index is 14.0. The van der Waals surface area contributed by atoms with Gasteiger partial charge in [0.05, 0.1) is 39.9 Å². The van der Waals surface area contributed by atoms with Gasteiger partial charge in [0.1, 0.15) is 0 Å². The van der Waals surface area contributed by atoms with Crippen LogP contribution >= 0.6 is 0 Å². The van der Waals surface area contributed by atoms with Crippen LogP contribution in [0.5, 0.6) is 0 Å². The Bertz CT molecular complexity index is 2670. The summed E-state index contributed by atoms with van der Waals surface area (Å²) >= 11 is 0. The largest absolute Gasteiger partial charge is 0.378 e. The summed E-state index contributed by atoms with van der Waals surface area (Å²) in [6, 6.07) is 18.1. The smallest absolute Gasteiger partial charge is 0.270 e. The minimum Gasteiger partial charge on any atom is -0.378 e. The lowest BCUT2D eigenvalue weighted by Crippen LogP contribution is -2.44. The van der Waals surface area contributed by atoms with Crippen LogP contribution in [0.4, 0.5) is 17.1 Å². The van der Waals surface area contributed by atoms with Gasteiger partial charge >= 0.3 is 0 Å². The van der Waals surface area contributed by atoms with E-state index in [1.165, 1.54) is 47.4 Å². The summed E-state index contributed by atoms with van der Waals surface area (Å²) in [6.07, 6.45) is 0. The second kappa shape index (κ2) is 14.9. The van der Waals surface area contributed by atoms with Crippen LogP contribution in [0.15, 0.2) is 78.9 Å². The Hall–Kier alpha value is -7.44. The molecule has 0 bridgehead atoms. The summed E-state index contributed by atoms with van der Waals surface area (Å²) in [6.45, 7) is 1.38. The van der Waals surface area contributed by atoms with Crippen molar-refractivity contribution in [1.82, 2.24) is 20.4 Å². The molecule has 6 amide bonds. The van der Waals surface area contributed by atoms with Gasteiger partial charge in [0, 0.05) is 96.6 Å². The van der Waals surface area contributed by atoms with Crippen molar-refractivity contribution in [3.8, 4) is 0 Å². The number of hydrogen-bond donors (Lipinski definition) is 2. The fourth-order valence-electron chi connectivity index (χ4n) is 7.51. The first-order valence-electron chi connectivity index (χ1n) is 18.1. The number of hydrogen-bond acceptors (Lipinski definition) is 12. The van der Waals surface area contributed by atoms with Crippen LogP contribution < -0.4 is 15.5 Å². The van der Waals surface area contributed by atoms with Gasteiger partial charge in [0.2, 0.25) is 0 Å². The molecule has 3 aliphatic heterocycles. The topological polar surface area (TPSA) is 232 Å². The summed E-state index contributed by atoms with van der Waals surface area (Å²) < 4.78 is 5.37. The van der Waals surface area contributed by atoms with Crippen molar-refractivity contribution >= 4 is 74.1 Å². The van der Waals surface area contributed by atoms with E-state index in [4.69, 9.17) is 4.74 Å². The summed E-state index contributed by atoms with van der Waals surface area (Å²) in [5, 5.41) is 30.4. The number of nitrogens with one attached hydrogen (secondary N) is 2. The molecule has 2 N–H and O–H groups in total. The standard InChI is InChI=1S/C40H31N7O11/c48-35(42-8-7-41-9-10-44-37(50)29-5-1-3-22-16-27(46(54)55)20-31(33(22)29)38(44)51)24-15-25(36(49)43-11-13-58-14-12-43)19-26(18-24)45-39(52)30-6-2-4-23-17-28(47(56)57)21-32(34(23)30)40(45)53/h1-6,15-21,41H,7-14H2,(H,42,48). The highest BCUT2D eigenvalue weighted by atomic mass is 16.6. The van der Waals surface area contributed by atoms with Gasteiger partial charge in [0.25, 0.3) is 46.8 Å². The minimum atomic E-state index is -0.868. The van der Waals surface area contributed by atoms with Gasteiger partial charge < -0.3 is 20.3 Å². The molecule has 0 spiro atoms. The third-order valence-electron chi connectivity index (χ3n) is 10.2. The van der Waals surface area contributed by atoms with E-state index in [-0.39, 0.29) is 95.1 Å². The predicted molar refractivity (Wildman–Crippen MR) is 206 cm³/mol. The first-order chi connectivity index (χ1) is 27.9. The second-order valence-electron chi connectivity index (χ2n) is 13.7. The number of non-ortho nitro benzene ring substituents is 2. The van der Waals surface area contributed by atoms with E-state index in [1.807, 2.05) is 0 Å². The Balaban J connectivity index is 0.988. The van der Waals surface area contributed by atoms with Crippen LogP contribution in [0.25, 0.3) is 21.5 Å². The van der Waals surface area contributed by atoms with Crippen LogP contribution in [-0.2, 0) is 4.74 Å². The van der Waals surface area contributed by atoms with Gasteiger partial charge in [-0.1, -0.05) is 24.3 Å². The van der Waals surface area contributed by atoms with Crippen LogP contribution in [0, 0.1) is 20.2 Å². The maximum atomic E-state index is 14.0. The average Bonchev–Trinajstić information content (AvgIpc) is 3.23. The first-order valence-corrected chi connectivity index (χ1v) is 18.1. The third kappa shape index (κ3) is 6.54. The molecule has 58 heavy (non-hydrogen) atoms. The molecule has 18 heteroatoms. The Morgan fingerprint density at radius 3 is 1.83 bits per heavy atom. The fraction of sp³-hybridized carbons (Fsp3) is 0.200. The number of anilines is 1. The number of carbonyl (C=O) groups excluding carboxylic acids is 6. The maximum Gasteiger partial charge on any atom is 0.270 e. The molecule has 5 aromatic carbocycles. The molecule has 3 heterocycles. The molecular weight excluding hydrogens is 754 g/mol. The molecule has 8 rings (SSSR count). The molecule has 5 aromatic rings. The van der Waals surface area contributed by atoms with Gasteiger partial charge in [0.15, 0.2) is 0 Å². The number of rotatable bonds is 11. The van der Waals surface area contributed by atoms with Gasteiger partial charge in [-0.2, -0.15) is 0 Å². The fourth-order valence-corrected chi connectivity index (χ4v) is 7.51. The van der Waals surface area contributed by atoms with E-state index in [2.05, 4.69) is 10.6 Å². The van der Waals surface area contributed by atoms with Gasteiger partial charge in [-0.15, -0.1) is 0 Å². The number of nitrogens with zero attached hydrogens (tertiary/aromatic N) is 5. The predicted octanol–water partition coefficient (Wildman–Crippen LogP) is 3.70. The molecular formula is C40H31N7O11. The molecule has 0 aromatic heterocycles. The number of ether oxygens (including phenoxy) is 1. The normalized spacial score (nSPS) is 15.0. The van der Waals surface area contributed by atoms with E-state index in [1.54, 1.807) is 24.3 Å². The lowest BCUT2D eigenvalue weighted by Gasteiger charge is -2.29. The van der Waals surface area contributed by atoms with Gasteiger partial charge in [-0.25, -0.2) is 4.90 Å². The molecule has 1 saturated heterocycles. The zero-order valence-electron chi connectivity index (χ0n) is 30.4. The summed E-state index contributed by atoms with van der Waals surface area (Å²) in [5.74, 6) is -3.94. The Kier molecular flexibility index (Phi) is 9.63. The van der Waals surface area contributed by atoms with E-state index >= 15 is 0 Å². The molecule has 0 radical (unpaired) electrons. The number of imide groups is 2. The van der Waals surface area contributed by atoms with E-state index in [0.29, 0.717) is 29.4 Å². The lowest BCUT2D eigenvalue weighted by molar-refractivity contribution is -0.384. The summed E-state index contributed by atoms with van der Waals surface area (Å²) in [7, 11) is 0. The monoisotopic (exact) mass is 785 g/mol. The van der Waals surface area contributed by atoms with Crippen LogP contribution in [0.1, 0.15) is 62.1 Å². The van der Waals surface area contributed by atoms with Gasteiger partial charge in [-0.05, 0) is 41.1 Å². The molecule has 18 nitrogen and oxygen atoms in total. The van der Waals surface area contributed by atoms with E-state index < -0.39 is 45.3 Å². The summed E-state index contributed by atoms with van der Waals surface area (Å²) in [4.78, 5) is 107. The zero-order valence-corrected chi connectivity index (χ0v) is 30.4. The van der Waals surface area contributed by atoms with Gasteiger partial charge in [-0.3, -0.25) is 53.9 Å². The first kappa shape index (κ1) is 37.5. The molecule has 1 fully saturated rings. The zero-order chi connectivity index (χ0) is 40.8. The van der Waals surface area contributed by atoms with Crippen molar-refractivity contribution in [1.29, 1.82) is 0 Å². The molecule has 0 unspecified atom stereocenters. The number of nitro groups is 2. The van der Waals surface area contributed by atoms with Crippen molar-refractivity contribution in [2.45, 2.75) is 0 Å². The molecule has 0 atom stereocenters. The highest BCUT2D eigenvalue weighted by molar-refractivity contribution is 6.36. The summed E-state index contributed by atoms with van der Waals surface area (Å²) in [5.41, 5.74) is -0.428. The highest BCUT2D eigenvalue weighted by Crippen LogP contribution is 2.37. The Labute approximate surface area is 327 Å². The minimum absolute atomic E-state index is 0.0183. The third-order valence-corrected chi connectivity index (χ3v) is 10.2. The number of amides is 6. The highest BCUT2D eigenvalue weighted by Gasteiger charge is 2.37.